The fourth-order valence-corrected chi connectivity index (χ4v) is 2.88. The quantitative estimate of drug-likeness (QED) is 0.710. The van der Waals surface area contributed by atoms with Gasteiger partial charge in [-0.1, -0.05) is 20.8 Å². The summed E-state index contributed by atoms with van der Waals surface area (Å²) in [5.74, 6) is 0. The SMILES string of the molecule is CCCNC1CC(OC)C1(CC)CC. The fourth-order valence-electron chi connectivity index (χ4n) is 2.88. The van der Waals surface area contributed by atoms with Crippen molar-refractivity contribution in [1.82, 2.24) is 5.32 Å². The van der Waals surface area contributed by atoms with Crippen LogP contribution in [0.25, 0.3) is 0 Å². The second-order valence-electron chi connectivity index (χ2n) is 4.41. The first-order valence-electron chi connectivity index (χ1n) is 6.01. The molecule has 2 atom stereocenters. The number of methoxy groups -OCH3 is 1. The van der Waals surface area contributed by atoms with E-state index in [0.717, 1.165) is 6.54 Å². The fraction of sp³-hybridized carbons (Fsp3) is 1.00. The number of nitrogens with one attached hydrogen (secondary N) is 1. The van der Waals surface area contributed by atoms with Gasteiger partial charge in [-0.2, -0.15) is 0 Å². The van der Waals surface area contributed by atoms with E-state index in [1.807, 2.05) is 7.11 Å². The summed E-state index contributed by atoms with van der Waals surface area (Å²) in [6.45, 7) is 7.94. The zero-order chi connectivity index (χ0) is 10.6. The number of rotatable bonds is 6. The topological polar surface area (TPSA) is 21.3 Å². The van der Waals surface area contributed by atoms with Gasteiger partial charge in [-0.05, 0) is 32.2 Å². The predicted molar refractivity (Wildman–Crippen MR) is 60.5 cm³/mol. The van der Waals surface area contributed by atoms with Crippen LogP contribution in [0.3, 0.4) is 0 Å². The van der Waals surface area contributed by atoms with Crippen LogP contribution in [0.2, 0.25) is 0 Å². The van der Waals surface area contributed by atoms with Gasteiger partial charge in [-0.25, -0.2) is 0 Å². The van der Waals surface area contributed by atoms with Crippen molar-refractivity contribution in [2.75, 3.05) is 13.7 Å². The van der Waals surface area contributed by atoms with Crippen LogP contribution < -0.4 is 5.32 Å². The van der Waals surface area contributed by atoms with Crippen LogP contribution in [-0.4, -0.2) is 25.8 Å². The van der Waals surface area contributed by atoms with E-state index in [4.69, 9.17) is 4.74 Å². The van der Waals surface area contributed by atoms with Crippen molar-refractivity contribution >= 4 is 0 Å². The normalized spacial score (nSPS) is 30.0. The molecule has 1 aliphatic rings. The summed E-state index contributed by atoms with van der Waals surface area (Å²) in [5.41, 5.74) is 0.407. The van der Waals surface area contributed by atoms with Crippen LogP contribution in [0.15, 0.2) is 0 Å². The van der Waals surface area contributed by atoms with E-state index in [9.17, 15) is 0 Å². The lowest BCUT2D eigenvalue weighted by atomic mass is 9.58. The first kappa shape index (κ1) is 12.0. The third-order valence-electron chi connectivity index (χ3n) is 4.03. The minimum Gasteiger partial charge on any atom is -0.381 e. The lowest BCUT2D eigenvalue weighted by Crippen LogP contribution is -2.63. The van der Waals surface area contributed by atoms with Crippen LogP contribution >= 0.6 is 0 Å². The molecule has 1 N–H and O–H groups in total. The largest absolute Gasteiger partial charge is 0.381 e. The second kappa shape index (κ2) is 5.13. The molecule has 0 aromatic rings. The highest BCUT2D eigenvalue weighted by Gasteiger charge is 2.52. The Morgan fingerprint density at radius 2 is 1.93 bits per heavy atom. The van der Waals surface area contributed by atoms with E-state index in [0.29, 0.717) is 17.6 Å². The Hall–Kier alpha value is -0.0800. The van der Waals surface area contributed by atoms with Crippen molar-refractivity contribution < 1.29 is 4.74 Å². The van der Waals surface area contributed by atoms with Crippen molar-refractivity contribution in [3.8, 4) is 0 Å². The van der Waals surface area contributed by atoms with Gasteiger partial charge in [-0.15, -0.1) is 0 Å². The third-order valence-corrected chi connectivity index (χ3v) is 4.03. The van der Waals surface area contributed by atoms with Gasteiger partial charge >= 0.3 is 0 Å². The van der Waals surface area contributed by atoms with Gasteiger partial charge in [0.1, 0.15) is 0 Å². The summed E-state index contributed by atoms with van der Waals surface area (Å²) in [6, 6.07) is 0.683. The Labute approximate surface area is 88.4 Å². The number of ether oxygens (including phenoxy) is 1. The molecule has 2 nitrogen and oxygen atoms in total. The molecule has 0 radical (unpaired) electrons. The lowest BCUT2D eigenvalue weighted by molar-refractivity contribution is -0.123. The highest BCUT2D eigenvalue weighted by Crippen LogP contribution is 2.48. The van der Waals surface area contributed by atoms with Gasteiger partial charge in [0.05, 0.1) is 6.10 Å². The summed E-state index contributed by atoms with van der Waals surface area (Å²) in [6.07, 6.45) is 5.34. The number of hydrogen-bond donors (Lipinski definition) is 1. The molecule has 2 unspecified atom stereocenters. The summed E-state index contributed by atoms with van der Waals surface area (Å²) in [4.78, 5) is 0. The molecule has 0 amide bonds. The first-order chi connectivity index (χ1) is 6.75. The van der Waals surface area contributed by atoms with Crippen LogP contribution in [0.1, 0.15) is 46.5 Å². The van der Waals surface area contributed by atoms with Gasteiger partial charge in [-0.3, -0.25) is 0 Å². The summed E-state index contributed by atoms with van der Waals surface area (Å²) in [7, 11) is 1.85. The van der Waals surface area contributed by atoms with Crippen LogP contribution in [0.4, 0.5) is 0 Å². The monoisotopic (exact) mass is 199 g/mol. The molecule has 1 rings (SSSR count). The Balaban J connectivity index is 2.53. The van der Waals surface area contributed by atoms with Crippen LogP contribution in [0.5, 0.6) is 0 Å². The molecular formula is C12H25NO. The molecule has 0 aromatic carbocycles. The predicted octanol–water partition coefficient (Wildman–Crippen LogP) is 2.58. The second-order valence-corrected chi connectivity index (χ2v) is 4.41. The Bertz CT molecular complexity index is 164. The van der Waals surface area contributed by atoms with Crippen molar-refractivity contribution in [3.63, 3.8) is 0 Å². The lowest BCUT2D eigenvalue weighted by Gasteiger charge is -2.55. The van der Waals surface area contributed by atoms with E-state index in [2.05, 4.69) is 26.1 Å². The molecule has 0 spiro atoms. The van der Waals surface area contributed by atoms with Crippen molar-refractivity contribution in [2.45, 2.75) is 58.6 Å². The third kappa shape index (κ3) is 1.82. The maximum absolute atomic E-state index is 5.55. The van der Waals surface area contributed by atoms with E-state index in [-0.39, 0.29) is 0 Å². The van der Waals surface area contributed by atoms with Gasteiger partial charge in [0.2, 0.25) is 0 Å². The molecule has 1 aliphatic carbocycles. The molecule has 84 valence electrons. The van der Waals surface area contributed by atoms with Crippen LogP contribution in [0, 0.1) is 5.41 Å². The van der Waals surface area contributed by atoms with Gasteiger partial charge in [0.15, 0.2) is 0 Å². The van der Waals surface area contributed by atoms with Gasteiger partial charge < -0.3 is 10.1 Å². The van der Waals surface area contributed by atoms with Crippen molar-refractivity contribution in [3.05, 3.63) is 0 Å². The highest BCUT2D eigenvalue weighted by molar-refractivity contribution is 5.06. The molecule has 1 saturated carbocycles. The summed E-state index contributed by atoms with van der Waals surface area (Å²) >= 11 is 0. The highest BCUT2D eigenvalue weighted by atomic mass is 16.5. The molecule has 0 heterocycles. The van der Waals surface area contributed by atoms with E-state index in [1.165, 1.54) is 25.7 Å². The minimum atomic E-state index is 0.407. The summed E-state index contributed by atoms with van der Waals surface area (Å²) in [5, 5.41) is 3.65. The Morgan fingerprint density at radius 1 is 1.29 bits per heavy atom. The number of hydrogen-bond acceptors (Lipinski definition) is 2. The first-order valence-corrected chi connectivity index (χ1v) is 6.01. The molecule has 0 saturated heterocycles. The molecule has 0 bridgehead atoms. The van der Waals surface area contributed by atoms with Gasteiger partial charge in [0, 0.05) is 18.6 Å². The maximum atomic E-state index is 5.55. The summed E-state index contributed by atoms with van der Waals surface area (Å²) < 4.78 is 5.55. The average molecular weight is 199 g/mol. The van der Waals surface area contributed by atoms with E-state index in [1.54, 1.807) is 0 Å². The average Bonchev–Trinajstić information content (AvgIpc) is 2.19. The molecule has 14 heavy (non-hydrogen) atoms. The standard InChI is InChI=1S/C12H25NO/c1-5-8-13-10-9-11(14-4)12(10,6-2)7-3/h10-11,13H,5-9H2,1-4H3. The zero-order valence-electron chi connectivity index (χ0n) is 10.1. The van der Waals surface area contributed by atoms with Gasteiger partial charge in [0.25, 0.3) is 0 Å². The Morgan fingerprint density at radius 3 is 2.36 bits per heavy atom. The van der Waals surface area contributed by atoms with Crippen molar-refractivity contribution in [2.24, 2.45) is 5.41 Å². The Kier molecular flexibility index (Phi) is 4.39. The minimum absolute atomic E-state index is 0.407. The molecular weight excluding hydrogens is 174 g/mol. The molecule has 0 aliphatic heterocycles. The molecule has 1 fully saturated rings. The molecule has 0 aromatic heterocycles. The molecule has 2 heteroatoms. The van der Waals surface area contributed by atoms with E-state index < -0.39 is 0 Å². The smallest absolute Gasteiger partial charge is 0.0657 e. The van der Waals surface area contributed by atoms with Crippen molar-refractivity contribution in [1.29, 1.82) is 0 Å². The van der Waals surface area contributed by atoms with Crippen LogP contribution in [-0.2, 0) is 4.74 Å². The maximum Gasteiger partial charge on any atom is 0.0657 e. The van der Waals surface area contributed by atoms with E-state index >= 15 is 0 Å². The zero-order valence-corrected chi connectivity index (χ0v) is 10.1.